The molecule has 0 radical (unpaired) electrons. The highest BCUT2D eigenvalue weighted by atomic mass is 16.5. The third-order valence-corrected chi connectivity index (χ3v) is 5.03. The third-order valence-electron chi connectivity index (χ3n) is 5.03. The number of hydrogen-bond acceptors (Lipinski definition) is 5. The van der Waals surface area contributed by atoms with Gasteiger partial charge < -0.3 is 19.4 Å². The average Bonchev–Trinajstić information content (AvgIpc) is 2.75. The van der Waals surface area contributed by atoms with E-state index in [1.807, 2.05) is 29.3 Å². The van der Waals surface area contributed by atoms with Gasteiger partial charge in [0.2, 0.25) is 0 Å². The van der Waals surface area contributed by atoms with Crippen LogP contribution in [0.15, 0.2) is 48.7 Å². The fraction of sp³-hybridized carbons (Fsp3) is 0.400. The number of ether oxygens (including phenoxy) is 1. The van der Waals surface area contributed by atoms with Gasteiger partial charge in [0.15, 0.2) is 0 Å². The molecule has 0 aliphatic carbocycles. The SMILES string of the molecule is O=C(c1ccc(N2CCN(c3ccccc3)CC2)cn1)N1CCOCC1. The van der Waals surface area contributed by atoms with Gasteiger partial charge in [-0.1, -0.05) is 18.2 Å². The molecule has 0 bridgehead atoms. The lowest BCUT2D eigenvalue weighted by atomic mass is 10.2. The quantitative estimate of drug-likeness (QED) is 0.844. The molecule has 1 aromatic carbocycles. The summed E-state index contributed by atoms with van der Waals surface area (Å²) < 4.78 is 5.30. The summed E-state index contributed by atoms with van der Waals surface area (Å²) >= 11 is 0. The molecule has 3 heterocycles. The molecule has 0 unspecified atom stereocenters. The van der Waals surface area contributed by atoms with Crippen LogP contribution in [-0.4, -0.2) is 68.3 Å². The molecule has 6 heteroatoms. The summed E-state index contributed by atoms with van der Waals surface area (Å²) in [6.07, 6.45) is 1.83. The van der Waals surface area contributed by atoms with E-state index in [2.05, 4.69) is 39.0 Å². The molecule has 4 rings (SSSR count). The van der Waals surface area contributed by atoms with Crippen molar-refractivity contribution in [2.24, 2.45) is 0 Å². The average molecular weight is 352 g/mol. The molecule has 2 fully saturated rings. The lowest BCUT2D eigenvalue weighted by Gasteiger charge is -2.37. The molecule has 6 nitrogen and oxygen atoms in total. The number of carbonyl (C=O) groups excluding carboxylic acids is 1. The summed E-state index contributed by atoms with van der Waals surface area (Å²) in [5.41, 5.74) is 2.87. The van der Waals surface area contributed by atoms with Crippen LogP contribution in [-0.2, 0) is 4.74 Å². The number of para-hydroxylation sites is 1. The van der Waals surface area contributed by atoms with Crippen molar-refractivity contribution >= 4 is 17.3 Å². The van der Waals surface area contributed by atoms with E-state index in [0.29, 0.717) is 32.0 Å². The first-order chi connectivity index (χ1) is 12.8. The summed E-state index contributed by atoms with van der Waals surface area (Å²) in [7, 11) is 0. The summed E-state index contributed by atoms with van der Waals surface area (Å²) in [6, 6.07) is 14.4. The topological polar surface area (TPSA) is 48.9 Å². The Labute approximate surface area is 154 Å². The van der Waals surface area contributed by atoms with Gasteiger partial charge in [-0.2, -0.15) is 0 Å². The van der Waals surface area contributed by atoms with Gasteiger partial charge in [-0.05, 0) is 24.3 Å². The predicted molar refractivity (Wildman–Crippen MR) is 102 cm³/mol. The molecule has 1 aromatic heterocycles. The monoisotopic (exact) mass is 352 g/mol. The number of carbonyl (C=O) groups is 1. The molecule has 136 valence electrons. The number of pyridine rings is 1. The van der Waals surface area contributed by atoms with Crippen LogP contribution in [0.4, 0.5) is 11.4 Å². The molecule has 0 N–H and O–H groups in total. The second-order valence-electron chi connectivity index (χ2n) is 6.62. The smallest absolute Gasteiger partial charge is 0.272 e. The lowest BCUT2D eigenvalue weighted by molar-refractivity contribution is 0.0299. The van der Waals surface area contributed by atoms with Crippen LogP contribution in [0.2, 0.25) is 0 Å². The van der Waals surface area contributed by atoms with Crippen LogP contribution in [0, 0.1) is 0 Å². The first kappa shape index (κ1) is 16.8. The van der Waals surface area contributed by atoms with E-state index in [9.17, 15) is 4.79 Å². The van der Waals surface area contributed by atoms with Crippen LogP contribution < -0.4 is 9.80 Å². The van der Waals surface area contributed by atoms with Crippen LogP contribution in [0.5, 0.6) is 0 Å². The van der Waals surface area contributed by atoms with Gasteiger partial charge in [-0.3, -0.25) is 4.79 Å². The van der Waals surface area contributed by atoms with Crippen molar-refractivity contribution in [2.75, 3.05) is 62.3 Å². The van der Waals surface area contributed by atoms with Gasteiger partial charge in [0, 0.05) is 45.0 Å². The maximum atomic E-state index is 12.5. The van der Waals surface area contributed by atoms with Crippen molar-refractivity contribution in [3.8, 4) is 0 Å². The number of aromatic nitrogens is 1. The van der Waals surface area contributed by atoms with Crippen molar-refractivity contribution in [1.29, 1.82) is 0 Å². The van der Waals surface area contributed by atoms with Crippen LogP contribution in [0.1, 0.15) is 10.5 Å². The Morgan fingerprint density at radius 3 is 2.08 bits per heavy atom. The number of amides is 1. The highest BCUT2D eigenvalue weighted by Gasteiger charge is 2.21. The van der Waals surface area contributed by atoms with Crippen LogP contribution in [0.3, 0.4) is 0 Å². The van der Waals surface area contributed by atoms with Crippen molar-refractivity contribution in [3.63, 3.8) is 0 Å². The molecule has 2 saturated heterocycles. The fourth-order valence-electron chi connectivity index (χ4n) is 3.49. The van der Waals surface area contributed by atoms with Gasteiger partial charge in [-0.15, -0.1) is 0 Å². The number of benzene rings is 1. The van der Waals surface area contributed by atoms with E-state index in [-0.39, 0.29) is 5.91 Å². The Hall–Kier alpha value is -2.60. The number of anilines is 2. The Bertz CT molecular complexity index is 721. The van der Waals surface area contributed by atoms with Crippen LogP contribution in [0.25, 0.3) is 0 Å². The maximum absolute atomic E-state index is 12.5. The molecule has 1 amide bonds. The van der Waals surface area contributed by atoms with Gasteiger partial charge in [0.1, 0.15) is 5.69 Å². The summed E-state index contributed by atoms with van der Waals surface area (Å²) in [5.74, 6) is -0.00579. The van der Waals surface area contributed by atoms with Gasteiger partial charge in [0.05, 0.1) is 25.1 Å². The van der Waals surface area contributed by atoms with E-state index in [1.165, 1.54) is 5.69 Å². The van der Waals surface area contributed by atoms with Gasteiger partial charge >= 0.3 is 0 Å². The molecule has 2 aromatic rings. The second-order valence-corrected chi connectivity index (χ2v) is 6.62. The van der Waals surface area contributed by atoms with E-state index >= 15 is 0 Å². The van der Waals surface area contributed by atoms with Crippen LogP contribution >= 0.6 is 0 Å². The first-order valence-corrected chi connectivity index (χ1v) is 9.19. The van der Waals surface area contributed by atoms with E-state index < -0.39 is 0 Å². The maximum Gasteiger partial charge on any atom is 0.272 e. The largest absolute Gasteiger partial charge is 0.378 e. The standard InChI is InChI=1S/C20H24N4O2/c25-20(24-12-14-26-15-13-24)19-7-6-18(16-21-19)23-10-8-22(9-11-23)17-4-2-1-3-5-17/h1-7,16H,8-15H2. The number of hydrogen-bond donors (Lipinski definition) is 0. The van der Waals surface area contributed by atoms with E-state index in [1.54, 1.807) is 0 Å². The number of rotatable bonds is 3. The Morgan fingerprint density at radius 2 is 1.46 bits per heavy atom. The third kappa shape index (κ3) is 3.65. The molecule has 2 aliphatic heterocycles. The number of piperazine rings is 1. The Kier molecular flexibility index (Phi) is 5.02. The molecular formula is C20H24N4O2. The summed E-state index contributed by atoms with van der Waals surface area (Å²) in [5, 5.41) is 0. The molecular weight excluding hydrogens is 328 g/mol. The predicted octanol–water partition coefficient (Wildman–Crippen LogP) is 1.88. The molecule has 2 aliphatic rings. The first-order valence-electron chi connectivity index (χ1n) is 9.19. The molecule has 0 atom stereocenters. The summed E-state index contributed by atoms with van der Waals surface area (Å²) in [6.45, 7) is 6.37. The minimum atomic E-state index is -0.00579. The lowest BCUT2D eigenvalue weighted by Crippen LogP contribution is -2.46. The van der Waals surface area contributed by atoms with Gasteiger partial charge in [0.25, 0.3) is 5.91 Å². The zero-order valence-corrected chi connectivity index (χ0v) is 14.9. The van der Waals surface area contributed by atoms with Crippen molar-refractivity contribution < 1.29 is 9.53 Å². The van der Waals surface area contributed by atoms with Gasteiger partial charge in [-0.25, -0.2) is 4.98 Å². The van der Waals surface area contributed by atoms with Crippen molar-refractivity contribution in [1.82, 2.24) is 9.88 Å². The zero-order chi connectivity index (χ0) is 17.8. The Balaban J connectivity index is 1.36. The molecule has 26 heavy (non-hydrogen) atoms. The van der Waals surface area contributed by atoms with E-state index in [4.69, 9.17) is 4.74 Å². The van der Waals surface area contributed by atoms with E-state index in [0.717, 1.165) is 31.9 Å². The summed E-state index contributed by atoms with van der Waals surface area (Å²) in [4.78, 5) is 23.4. The molecule has 0 saturated carbocycles. The van der Waals surface area contributed by atoms with Crippen molar-refractivity contribution in [3.05, 3.63) is 54.4 Å². The zero-order valence-electron chi connectivity index (χ0n) is 14.9. The number of nitrogens with zero attached hydrogens (tertiary/aromatic N) is 4. The molecule has 0 spiro atoms. The second kappa shape index (κ2) is 7.74. The highest BCUT2D eigenvalue weighted by Crippen LogP contribution is 2.20. The highest BCUT2D eigenvalue weighted by molar-refractivity contribution is 5.92. The minimum Gasteiger partial charge on any atom is -0.378 e. The normalized spacial score (nSPS) is 18.1. The minimum absolute atomic E-state index is 0.00579. The Morgan fingerprint density at radius 1 is 0.808 bits per heavy atom. The fourth-order valence-corrected chi connectivity index (χ4v) is 3.49. The number of morpholine rings is 1. The van der Waals surface area contributed by atoms with Crippen molar-refractivity contribution in [2.45, 2.75) is 0 Å².